The third kappa shape index (κ3) is 4.63. The van der Waals surface area contributed by atoms with Crippen molar-refractivity contribution in [1.29, 1.82) is 0 Å². The van der Waals surface area contributed by atoms with E-state index in [2.05, 4.69) is 54.4 Å². The van der Waals surface area contributed by atoms with Gasteiger partial charge in [0.05, 0.1) is 0 Å². The fourth-order valence-corrected chi connectivity index (χ4v) is 3.16. The topological polar surface area (TPSA) is 15.3 Å². The molecule has 19 heavy (non-hydrogen) atoms. The van der Waals surface area contributed by atoms with Gasteiger partial charge in [0, 0.05) is 12.1 Å². The summed E-state index contributed by atoms with van der Waals surface area (Å²) in [6, 6.07) is 12.3. The van der Waals surface area contributed by atoms with E-state index in [1.807, 2.05) is 0 Å². The quantitative estimate of drug-likeness (QED) is 0.845. The Labute approximate surface area is 118 Å². The Bertz CT molecular complexity index is 350. The molecular formula is C17H28N2. The molecule has 1 aliphatic rings. The van der Waals surface area contributed by atoms with Crippen molar-refractivity contribution in [3.8, 4) is 0 Å². The molecule has 1 saturated heterocycles. The van der Waals surface area contributed by atoms with Gasteiger partial charge in [-0.2, -0.15) is 0 Å². The number of benzene rings is 1. The highest BCUT2D eigenvalue weighted by atomic mass is 15.2. The first kappa shape index (κ1) is 14.5. The molecule has 0 bridgehead atoms. The van der Waals surface area contributed by atoms with Crippen molar-refractivity contribution in [3.05, 3.63) is 35.9 Å². The van der Waals surface area contributed by atoms with E-state index in [-0.39, 0.29) is 0 Å². The van der Waals surface area contributed by atoms with E-state index in [0.29, 0.717) is 0 Å². The van der Waals surface area contributed by atoms with Gasteiger partial charge in [-0.15, -0.1) is 0 Å². The van der Waals surface area contributed by atoms with Gasteiger partial charge in [-0.05, 0) is 57.8 Å². The summed E-state index contributed by atoms with van der Waals surface area (Å²) in [5, 5.41) is 3.59. The zero-order valence-electron chi connectivity index (χ0n) is 12.4. The van der Waals surface area contributed by atoms with Crippen molar-refractivity contribution in [2.45, 2.75) is 51.6 Å². The van der Waals surface area contributed by atoms with Crippen LogP contribution in [0.2, 0.25) is 0 Å². The van der Waals surface area contributed by atoms with Crippen LogP contribution < -0.4 is 5.32 Å². The number of aryl methyl sites for hydroxylation is 1. The van der Waals surface area contributed by atoms with Gasteiger partial charge in [0.1, 0.15) is 0 Å². The summed E-state index contributed by atoms with van der Waals surface area (Å²) in [5.41, 5.74) is 1.47. The van der Waals surface area contributed by atoms with Crippen LogP contribution in [0.3, 0.4) is 0 Å². The SMILES string of the molecule is CCNC1CCN(CCCc2ccccc2)C(C)C1. The van der Waals surface area contributed by atoms with Gasteiger partial charge in [-0.3, -0.25) is 0 Å². The lowest BCUT2D eigenvalue weighted by atomic mass is 9.97. The molecule has 106 valence electrons. The van der Waals surface area contributed by atoms with Crippen molar-refractivity contribution in [3.63, 3.8) is 0 Å². The lowest BCUT2D eigenvalue weighted by Gasteiger charge is -2.38. The number of hydrogen-bond donors (Lipinski definition) is 1. The Morgan fingerprint density at radius 2 is 2.05 bits per heavy atom. The Morgan fingerprint density at radius 3 is 2.74 bits per heavy atom. The molecule has 0 amide bonds. The van der Waals surface area contributed by atoms with Crippen LogP contribution in [0.5, 0.6) is 0 Å². The van der Waals surface area contributed by atoms with Gasteiger partial charge in [-0.25, -0.2) is 0 Å². The third-order valence-corrected chi connectivity index (χ3v) is 4.26. The van der Waals surface area contributed by atoms with Crippen molar-refractivity contribution < 1.29 is 0 Å². The Morgan fingerprint density at radius 1 is 1.26 bits per heavy atom. The van der Waals surface area contributed by atoms with Crippen LogP contribution in [0.15, 0.2) is 30.3 Å². The van der Waals surface area contributed by atoms with E-state index in [4.69, 9.17) is 0 Å². The van der Waals surface area contributed by atoms with Crippen LogP contribution in [0.25, 0.3) is 0 Å². The Hall–Kier alpha value is -0.860. The first-order chi connectivity index (χ1) is 9.29. The summed E-state index contributed by atoms with van der Waals surface area (Å²) >= 11 is 0. The lowest BCUT2D eigenvalue weighted by Crippen LogP contribution is -2.47. The first-order valence-electron chi connectivity index (χ1n) is 7.81. The molecule has 0 aromatic heterocycles. The molecule has 1 fully saturated rings. The summed E-state index contributed by atoms with van der Waals surface area (Å²) < 4.78 is 0. The smallest absolute Gasteiger partial charge is 0.00939 e. The van der Waals surface area contributed by atoms with E-state index in [0.717, 1.165) is 18.6 Å². The average Bonchev–Trinajstić information content (AvgIpc) is 2.43. The predicted molar refractivity (Wildman–Crippen MR) is 82.5 cm³/mol. The summed E-state index contributed by atoms with van der Waals surface area (Å²) in [4.78, 5) is 2.66. The van der Waals surface area contributed by atoms with Gasteiger partial charge in [-0.1, -0.05) is 37.3 Å². The summed E-state index contributed by atoms with van der Waals surface area (Å²) in [7, 11) is 0. The van der Waals surface area contributed by atoms with Crippen molar-refractivity contribution in [1.82, 2.24) is 10.2 Å². The molecule has 2 rings (SSSR count). The van der Waals surface area contributed by atoms with Gasteiger partial charge < -0.3 is 10.2 Å². The maximum atomic E-state index is 3.59. The number of nitrogens with zero attached hydrogens (tertiary/aromatic N) is 1. The fraction of sp³-hybridized carbons (Fsp3) is 0.647. The molecular weight excluding hydrogens is 232 g/mol. The minimum atomic E-state index is 0.730. The Kier molecular flexibility index (Phi) is 5.87. The molecule has 2 unspecified atom stereocenters. The monoisotopic (exact) mass is 260 g/mol. The van der Waals surface area contributed by atoms with Gasteiger partial charge >= 0.3 is 0 Å². The molecule has 2 nitrogen and oxygen atoms in total. The predicted octanol–water partition coefficient (Wildman–Crippen LogP) is 3.08. The van der Waals surface area contributed by atoms with E-state index in [9.17, 15) is 0 Å². The molecule has 0 saturated carbocycles. The molecule has 2 atom stereocenters. The molecule has 1 aromatic rings. The molecule has 0 radical (unpaired) electrons. The molecule has 0 spiro atoms. The standard InChI is InChI=1S/C17H28N2/c1-3-18-17-11-13-19(15(2)14-17)12-7-10-16-8-5-4-6-9-16/h4-6,8-9,15,17-18H,3,7,10-14H2,1-2H3. The van der Waals surface area contributed by atoms with Gasteiger partial charge in [0.2, 0.25) is 0 Å². The summed E-state index contributed by atoms with van der Waals surface area (Å²) in [5.74, 6) is 0. The maximum absolute atomic E-state index is 3.59. The maximum Gasteiger partial charge on any atom is 0.00939 e. The lowest BCUT2D eigenvalue weighted by molar-refractivity contribution is 0.135. The van der Waals surface area contributed by atoms with Crippen LogP contribution in [0.4, 0.5) is 0 Å². The largest absolute Gasteiger partial charge is 0.314 e. The second kappa shape index (κ2) is 7.66. The van der Waals surface area contributed by atoms with E-state index in [1.165, 1.54) is 44.3 Å². The van der Waals surface area contributed by atoms with E-state index >= 15 is 0 Å². The number of nitrogens with one attached hydrogen (secondary N) is 1. The highest BCUT2D eigenvalue weighted by Gasteiger charge is 2.23. The van der Waals surface area contributed by atoms with Crippen molar-refractivity contribution >= 4 is 0 Å². The summed E-state index contributed by atoms with van der Waals surface area (Å²) in [6.07, 6.45) is 5.10. The minimum absolute atomic E-state index is 0.730. The van der Waals surface area contributed by atoms with Gasteiger partial charge in [0.25, 0.3) is 0 Å². The van der Waals surface area contributed by atoms with Crippen LogP contribution in [0.1, 0.15) is 38.7 Å². The van der Waals surface area contributed by atoms with Crippen LogP contribution in [0, 0.1) is 0 Å². The van der Waals surface area contributed by atoms with Crippen LogP contribution >= 0.6 is 0 Å². The number of piperidine rings is 1. The molecule has 0 aliphatic carbocycles. The van der Waals surface area contributed by atoms with Crippen molar-refractivity contribution in [2.24, 2.45) is 0 Å². The normalized spacial score (nSPS) is 24.5. The molecule has 1 aliphatic heterocycles. The molecule has 1 aromatic carbocycles. The van der Waals surface area contributed by atoms with E-state index < -0.39 is 0 Å². The number of hydrogen-bond acceptors (Lipinski definition) is 2. The summed E-state index contributed by atoms with van der Waals surface area (Å²) in [6.45, 7) is 8.19. The highest BCUT2D eigenvalue weighted by Crippen LogP contribution is 2.18. The first-order valence-corrected chi connectivity index (χ1v) is 7.81. The van der Waals surface area contributed by atoms with Crippen LogP contribution in [-0.2, 0) is 6.42 Å². The molecule has 1 heterocycles. The highest BCUT2D eigenvalue weighted by molar-refractivity contribution is 5.14. The second-order valence-electron chi connectivity index (χ2n) is 5.75. The zero-order valence-corrected chi connectivity index (χ0v) is 12.4. The molecule has 1 N–H and O–H groups in total. The fourth-order valence-electron chi connectivity index (χ4n) is 3.16. The zero-order chi connectivity index (χ0) is 13.5. The van der Waals surface area contributed by atoms with E-state index in [1.54, 1.807) is 0 Å². The molecule has 2 heteroatoms. The van der Waals surface area contributed by atoms with Gasteiger partial charge in [0.15, 0.2) is 0 Å². The number of rotatable bonds is 6. The number of likely N-dealkylation sites (tertiary alicyclic amines) is 1. The second-order valence-corrected chi connectivity index (χ2v) is 5.75. The minimum Gasteiger partial charge on any atom is -0.314 e. The average molecular weight is 260 g/mol. The third-order valence-electron chi connectivity index (χ3n) is 4.26. The van der Waals surface area contributed by atoms with Crippen LogP contribution in [-0.4, -0.2) is 36.6 Å². The Balaban J connectivity index is 1.69. The van der Waals surface area contributed by atoms with Crippen molar-refractivity contribution in [2.75, 3.05) is 19.6 Å².